The van der Waals surface area contributed by atoms with Crippen LogP contribution in [0.15, 0.2) is 0 Å². The van der Waals surface area contributed by atoms with Gasteiger partial charge in [-0.1, -0.05) is 202 Å². The summed E-state index contributed by atoms with van der Waals surface area (Å²) < 4.78 is 24.8. The lowest BCUT2D eigenvalue weighted by Crippen LogP contribution is -2.35. The number of hydrogen-bond acceptors (Lipinski definition) is 7. The third-order valence-electron chi connectivity index (χ3n) is 14.1. The summed E-state index contributed by atoms with van der Waals surface area (Å²) in [6, 6.07) is 0.551. The van der Waals surface area contributed by atoms with Crippen LogP contribution >= 0.6 is 0 Å². The Labute approximate surface area is 392 Å². The molecule has 0 bridgehead atoms. The van der Waals surface area contributed by atoms with Crippen molar-refractivity contribution in [2.45, 2.75) is 304 Å². The van der Waals surface area contributed by atoms with Gasteiger partial charge in [-0.2, -0.15) is 0 Å². The van der Waals surface area contributed by atoms with Crippen molar-refractivity contribution in [2.24, 2.45) is 11.8 Å². The first-order chi connectivity index (χ1) is 30.7. The molecule has 0 radical (unpaired) electrons. The van der Waals surface area contributed by atoms with Crippen molar-refractivity contribution >= 4 is 11.9 Å². The lowest BCUT2D eigenvalue weighted by Gasteiger charge is -2.29. The number of rotatable bonds is 47. The average Bonchev–Trinajstić information content (AvgIpc) is 3.67. The van der Waals surface area contributed by atoms with Crippen molar-refractivity contribution in [2.75, 3.05) is 32.9 Å². The minimum atomic E-state index is -0.420. The Morgan fingerprint density at radius 1 is 0.524 bits per heavy atom. The second-order valence-electron chi connectivity index (χ2n) is 20.2. The molecule has 1 unspecified atom stereocenters. The van der Waals surface area contributed by atoms with Crippen molar-refractivity contribution in [3.63, 3.8) is 0 Å². The third kappa shape index (κ3) is 33.9. The molecule has 1 fully saturated rings. The fourth-order valence-corrected chi connectivity index (χ4v) is 9.75. The van der Waals surface area contributed by atoms with Gasteiger partial charge in [0, 0.05) is 38.3 Å². The number of hydrogen-bond donors (Lipinski definition) is 0. The van der Waals surface area contributed by atoms with Crippen LogP contribution in [0, 0.1) is 11.8 Å². The van der Waals surface area contributed by atoms with Crippen molar-refractivity contribution in [3.8, 4) is 0 Å². The van der Waals surface area contributed by atoms with E-state index in [0.717, 1.165) is 90.3 Å². The molecule has 1 rings (SSSR count). The molecule has 1 saturated heterocycles. The second kappa shape index (κ2) is 42.2. The van der Waals surface area contributed by atoms with Gasteiger partial charge in [-0.25, -0.2) is 0 Å². The van der Waals surface area contributed by atoms with Gasteiger partial charge in [-0.15, -0.1) is 0 Å². The smallest absolute Gasteiger partial charge is 0.305 e. The van der Waals surface area contributed by atoms with Crippen molar-refractivity contribution < 1.29 is 28.5 Å². The van der Waals surface area contributed by atoms with Gasteiger partial charge in [0.05, 0.1) is 25.9 Å². The van der Waals surface area contributed by atoms with Crippen LogP contribution in [-0.2, 0) is 28.5 Å². The molecular weight excluding hydrogens is 783 g/mol. The molecule has 1 aliphatic heterocycles. The Bertz CT molecular complexity index is 940. The lowest BCUT2D eigenvalue weighted by molar-refractivity contribution is -0.180. The zero-order valence-electron chi connectivity index (χ0n) is 43.4. The monoisotopic (exact) mass is 892 g/mol. The van der Waals surface area contributed by atoms with E-state index in [2.05, 4.69) is 53.4 Å². The minimum Gasteiger partial charge on any atom is -0.466 e. The molecular formula is C56H109NO6. The van der Waals surface area contributed by atoms with Gasteiger partial charge in [-0.3, -0.25) is 9.59 Å². The second-order valence-corrected chi connectivity index (χ2v) is 20.2. The van der Waals surface area contributed by atoms with E-state index >= 15 is 0 Å². The van der Waals surface area contributed by atoms with Crippen LogP contribution in [0.2, 0.25) is 0 Å². The van der Waals surface area contributed by atoms with Gasteiger partial charge in [0.1, 0.15) is 0 Å². The van der Waals surface area contributed by atoms with E-state index in [1.54, 1.807) is 0 Å². The van der Waals surface area contributed by atoms with E-state index in [4.69, 9.17) is 18.9 Å². The largest absolute Gasteiger partial charge is 0.466 e. The Morgan fingerprint density at radius 2 is 0.905 bits per heavy atom. The number of unbranched alkanes of at least 4 members (excludes halogenated alkanes) is 20. The van der Waals surface area contributed by atoms with Crippen LogP contribution in [0.4, 0.5) is 0 Å². The summed E-state index contributed by atoms with van der Waals surface area (Å²) in [7, 11) is 0. The fraction of sp³-hybridized carbons (Fsp3) is 0.964. The number of esters is 2. The first-order valence-corrected chi connectivity index (χ1v) is 28.1. The molecule has 0 amide bonds. The highest BCUT2D eigenvalue weighted by Gasteiger charge is 2.40. The van der Waals surface area contributed by atoms with E-state index < -0.39 is 5.79 Å². The highest BCUT2D eigenvalue weighted by molar-refractivity contribution is 5.69. The zero-order chi connectivity index (χ0) is 46.1. The highest BCUT2D eigenvalue weighted by atomic mass is 16.7. The Balaban J connectivity index is 2.32. The van der Waals surface area contributed by atoms with Crippen molar-refractivity contribution in [3.05, 3.63) is 0 Å². The molecule has 0 aromatic heterocycles. The molecule has 7 heteroatoms. The fourth-order valence-electron chi connectivity index (χ4n) is 9.75. The molecule has 1 heterocycles. The highest BCUT2D eigenvalue weighted by Crippen LogP contribution is 2.36. The van der Waals surface area contributed by atoms with Crippen molar-refractivity contribution in [1.82, 2.24) is 4.90 Å². The van der Waals surface area contributed by atoms with Gasteiger partial charge < -0.3 is 23.8 Å². The quantitative estimate of drug-likeness (QED) is 0.0445. The Morgan fingerprint density at radius 3 is 1.27 bits per heavy atom. The van der Waals surface area contributed by atoms with Crippen LogP contribution in [0.3, 0.4) is 0 Å². The van der Waals surface area contributed by atoms with Crippen molar-refractivity contribution in [1.29, 1.82) is 0 Å². The summed E-state index contributed by atoms with van der Waals surface area (Å²) >= 11 is 0. The lowest BCUT2D eigenvalue weighted by atomic mass is 9.92. The molecule has 1 aliphatic rings. The van der Waals surface area contributed by atoms with Crippen LogP contribution in [0.25, 0.3) is 0 Å². The number of nitrogens with zero attached hydrogens (tertiary/aromatic N) is 1. The molecule has 0 aliphatic carbocycles. The van der Waals surface area contributed by atoms with Gasteiger partial charge in [0.2, 0.25) is 0 Å². The molecule has 0 aromatic rings. The molecule has 0 N–H and O–H groups in total. The summed E-state index contributed by atoms with van der Waals surface area (Å²) in [5, 5.41) is 0. The zero-order valence-corrected chi connectivity index (χ0v) is 43.4. The maximum Gasteiger partial charge on any atom is 0.305 e. The first-order valence-electron chi connectivity index (χ1n) is 28.1. The van der Waals surface area contributed by atoms with Crippen LogP contribution < -0.4 is 0 Å². The van der Waals surface area contributed by atoms with Gasteiger partial charge in [0.25, 0.3) is 0 Å². The standard InChI is InChI=1S/C56H109NO6/c1-8-13-27-35-51(36-28-14-9-2)42-47-60-54(58)39-31-23-19-17-21-25-33-44-56(62-49-53(63-56)41-46-57(12-5)50(6)7)45-34-26-22-18-20-24-32-40-55(59)61-48-43-52(37-29-15-10-3)38-30-16-11-4/h50-53H,8-49H2,1-7H3. The predicted octanol–water partition coefficient (Wildman–Crippen LogP) is 16.7. The molecule has 7 nitrogen and oxygen atoms in total. The summed E-state index contributed by atoms with van der Waals surface area (Å²) in [6.07, 6.45) is 43.3. The molecule has 0 spiro atoms. The van der Waals surface area contributed by atoms with Gasteiger partial charge >= 0.3 is 11.9 Å². The summed E-state index contributed by atoms with van der Waals surface area (Å²) in [5.41, 5.74) is 0. The van der Waals surface area contributed by atoms with Gasteiger partial charge in [-0.05, 0) is 77.2 Å². The van der Waals surface area contributed by atoms with E-state index in [0.29, 0.717) is 43.9 Å². The van der Waals surface area contributed by atoms with E-state index in [-0.39, 0.29) is 18.0 Å². The Kier molecular flexibility index (Phi) is 40.1. The van der Waals surface area contributed by atoms with E-state index in [1.807, 2.05) is 0 Å². The van der Waals surface area contributed by atoms with Gasteiger partial charge in [0.15, 0.2) is 5.79 Å². The molecule has 374 valence electrons. The number of carbonyl (C=O) groups is 2. The molecule has 1 atom stereocenters. The molecule has 63 heavy (non-hydrogen) atoms. The van der Waals surface area contributed by atoms with Crippen LogP contribution in [0.1, 0.15) is 286 Å². The minimum absolute atomic E-state index is 0.00120. The van der Waals surface area contributed by atoms with E-state index in [1.165, 1.54) is 154 Å². The third-order valence-corrected chi connectivity index (χ3v) is 14.1. The average molecular weight is 892 g/mol. The SMILES string of the molecule is CCCCCC(CCCCC)CCOC(=O)CCCCCCCCCC1(CCCCCCCCCC(=O)OCCC(CCCCC)CCCCC)OCC(CCN(CC)C(C)C)O1. The summed E-state index contributed by atoms with van der Waals surface area (Å²) in [4.78, 5) is 27.4. The summed E-state index contributed by atoms with van der Waals surface area (Å²) in [5.74, 6) is 1.01. The number of carbonyl (C=O) groups excluding carboxylic acids is 2. The first kappa shape index (κ1) is 59.8. The Hall–Kier alpha value is -1.18. The maximum atomic E-state index is 12.4. The van der Waals surface area contributed by atoms with Crippen LogP contribution in [0.5, 0.6) is 0 Å². The number of ether oxygens (including phenoxy) is 4. The summed E-state index contributed by atoms with van der Waals surface area (Å²) in [6.45, 7) is 20.0. The normalized spacial score (nSPS) is 15.1. The topological polar surface area (TPSA) is 74.3 Å². The van der Waals surface area contributed by atoms with E-state index in [9.17, 15) is 9.59 Å². The van der Waals surface area contributed by atoms with Crippen LogP contribution in [-0.4, -0.2) is 67.7 Å². The molecule has 0 aromatic carbocycles. The molecule has 0 saturated carbocycles. The predicted molar refractivity (Wildman–Crippen MR) is 268 cm³/mol. The maximum absolute atomic E-state index is 12.4.